The molecule has 1 aliphatic rings. The quantitative estimate of drug-likeness (QED) is 0.667. The average molecular weight is 182 g/mol. The van der Waals surface area contributed by atoms with E-state index in [1.807, 2.05) is 12.2 Å². The minimum atomic E-state index is -1.50. The largest absolute Gasteiger partial charge is 0.464 e. The van der Waals surface area contributed by atoms with Crippen molar-refractivity contribution in [3.8, 4) is 0 Å². The van der Waals surface area contributed by atoms with E-state index < -0.39 is 11.6 Å². The Kier molecular flexibility index (Phi) is 2.88. The fourth-order valence-corrected chi connectivity index (χ4v) is 1.21. The lowest BCUT2D eigenvalue weighted by molar-refractivity contribution is -0.159. The Morgan fingerprint density at radius 3 is 2.92 bits per heavy atom. The maximum absolute atomic E-state index is 11.3. The van der Waals surface area contributed by atoms with Crippen LogP contribution < -0.4 is 0 Å². The molecule has 0 spiro atoms. The maximum atomic E-state index is 11.3. The van der Waals surface area contributed by atoms with Crippen molar-refractivity contribution in [1.29, 1.82) is 0 Å². The van der Waals surface area contributed by atoms with E-state index in [2.05, 4.69) is 0 Å². The van der Waals surface area contributed by atoms with Crippen LogP contribution in [0.1, 0.15) is 20.3 Å². The summed E-state index contributed by atoms with van der Waals surface area (Å²) in [4.78, 5) is 11.3. The highest BCUT2D eigenvalue weighted by Crippen LogP contribution is 2.23. The van der Waals surface area contributed by atoms with Crippen molar-refractivity contribution in [2.24, 2.45) is 0 Å². The smallest absolute Gasteiger partial charge is 0.342 e. The number of ether oxygens (including phenoxy) is 1. The fraction of sp³-hybridized carbons (Fsp3) is 0.500. The number of carbonyl (C=O) groups is 1. The summed E-state index contributed by atoms with van der Waals surface area (Å²) in [5, 5.41) is 9.82. The van der Waals surface area contributed by atoms with Crippen molar-refractivity contribution in [2.75, 3.05) is 6.61 Å². The Morgan fingerprint density at radius 1 is 1.77 bits per heavy atom. The van der Waals surface area contributed by atoms with Crippen LogP contribution in [0.3, 0.4) is 0 Å². The summed E-state index contributed by atoms with van der Waals surface area (Å²) in [6, 6.07) is 0. The minimum Gasteiger partial charge on any atom is -0.464 e. The lowest BCUT2D eigenvalue weighted by Crippen LogP contribution is -2.38. The highest BCUT2D eigenvalue weighted by molar-refractivity contribution is 5.84. The van der Waals surface area contributed by atoms with E-state index in [0.29, 0.717) is 5.57 Å². The molecule has 0 heterocycles. The molecule has 0 saturated carbocycles. The van der Waals surface area contributed by atoms with Gasteiger partial charge in [-0.05, 0) is 25.8 Å². The highest BCUT2D eigenvalue weighted by Gasteiger charge is 2.35. The molecule has 0 aromatic heterocycles. The van der Waals surface area contributed by atoms with E-state index in [-0.39, 0.29) is 6.61 Å². The van der Waals surface area contributed by atoms with Crippen LogP contribution in [0.4, 0.5) is 0 Å². The molecule has 1 atom stereocenters. The molecule has 0 fully saturated rings. The molecule has 1 aliphatic carbocycles. The maximum Gasteiger partial charge on any atom is 0.342 e. The van der Waals surface area contributed by atoms with Crippen LogP contribution in [0.5, 0.6) is 0 Å². The van der Waals surface area contributed by atoms with Crippen LogP contribution in [0, 0.1) is 0 Å². The Bertz CT molecular complexity index is 261. The molecule has 0 aliphatic heterocycles. The molecular weight excluding hydrogens is 168 g/mol. The number of allylic oxidation sites excluding steroid dienone is 2. The molecule has 1 rings (SSSR count). The number of aliphatic hydroxyl groups is 1. The van der Waals surface area contributed by atoms with Gasteiger partial charge in [0.05, 0.1) is 6.61 Å². The lowest BCUT2D eigenvalue weighted by atomic mass is 9.97. The standard InChI is InChI=1S/C10H14O3/c1-3-13-9(11)10(2,12)8-6-4-5-7-8/h4,6-7,12H,3,5H2,1-2H3. The van der Waals surface area contributed by atoms with Crippen molar-refractivity contribution >= 4 is 5.97 Å². The summed E-state index contributed by atoms with van der Waals surface area (Å²) in [6.45, 7) is 3.45. The van der Waals surface area contributed by atoms with E-state index in [1.165, 1.54) is 6.92 Å². The zero-order valence-corrected chi connectivity index (χ0v) is 7.91. The minimum absolute atomic E-state index is 0.284. The van der Waals surface area contributed by atoms with Gasteiger partial charge in [-0.3, -0.25) is 0 Å². The Hall–Kier alpha value is -1.09. The first-order chi connectivity index (χ1) is 6.09. The van der Waals surface area contributed by atoms with Gasteiger partial charge in [0, 0.05) is 0 Å². The third-order valence-corrected chi connectivity index (χ3v) is 2.01. The van der Waals surface area contributed by atoms with Gasteiger partial charge in [-0.25, -0.2) is 4.79 Å². The third kappa shape index (κ3) is 1.98. The average Bonchev–Trinajstić information content (AvgIpc) is 2.56. The van der Waals surface area contributed by atoms with Crippen LogP contribution in [-0.2, 0) is 9.53 Å². The van der Waals surface area contributed by atoms with Gasteiger partial charge in [-0.15, -0.1) is 0 Å². The van der Waals surface area contributed by atoms with Gasteiger partial charge in [-0.2, -0.15) is 0 Å². The molecule has 1 N–H and O–H groups in total. The van der Waals surface area contributed by atoms with Gasteiger partial charge in [0.25, 0.3) is 0 Å². The van der Waals surface area contributed by atoms with Crippen LogP contribution in [0.2, 0.25) is 0 Å². The first kappa shape index (κ1) is 9.99. The van der Waals surface area contributed by atoms with Crippen molar-refractivity contribution in [1.82, 2.24) is 0 Å². The first-order valence-electron chi connectivity index (χ1n) is 4.35. The van der Waals surface area contributed by atoms with E-state index in [9.17, 15) is 9.90 Å². The number of carbonyl (C=O) groups excluding carboxylic acids is 1. The van der Waals surface area contributed by atoms with Crippen molar-refractivity contribution in [3.63, 3.8) is 0 Å². The van der Waals surface area contributed by atoms with Crippen molar-refractivity contribution in [2.45, 2.75) is 25.9 Å². The fourth-order valence-electron chi connectivity index (χ4n) is 1.21. The topological polar surface area (TPSA) is 46.5 Å². The predicted molar refractivity (Wildman–Crippen MR) is 49.1 cm³/mol. The molecule has 0 radical (unpaired) electrons. The summed E-state index contributed by atoms with van der Waals surface area (Å²) in [5.41, 5.74) is -0.880. The summed E-state index contributed by atoms with van der Waals surface area (Å²) >= 11 is 0. The van der Waals surface area contributed by atoms with E-state index >= 15 is 0 Å². The highest BCUT2D eigenvalue weighted by atomic mass is 16.5. The summed E-state index contributed by atoms with van der Waals surface area (Å²) in [7, 11) is 0. The molecule has 0 amide bonds. The predicted octanol–water partition coefficient (Wildman–Crippen LogP) is 1.19. The van der Waals surface area contributed by atoms with Gasteiger partial charge in [0.1, 0.15) is 0 Å². The zero-order valence-electron chi connectivity index (χ0n) is 7.91. The second kappa shape index (κ2) is 3.75. The van der Waals surface area contributed by atoms with Gasteiger partial charge in [0.15, 0.2) is 5.60 Å². The Labute approximate surface area is 77.7 Å². The van der Waals surface area contributed by atoms with Crippen LogP contribution in [0.25, 0.3) is 0 Å². The number of esters is 1. The zero-order chi connectivity index (χ0) is 9.90. The molecule has 13 heavy (non-hydrogen) atoms. The van der Waals surface area contributed by atoms with Crippen molar-refractivity contribution < 1.29 is 14.6 Å². The lowest BCUT2D eigenvalue weighted by Gasteiger charge is -2.21. The monoisotopic (exact) mass is 182 g/mol. The second-order valence-electron chi connectivity index (χ2n) is 3.09. The van der Waals surface area contributed by atoms with Crippen LogP contribution in [0.15, 0.2) is 23.8 Å². The van der Waals surface area contributed by atoms with E-state index in [1.54, 1.807) is 13.0 Å². The van der Waals surface area contributed by atoms with Crippen LogP contribution in [-0.4, -0.2) is 23.3 Å². The second-order valence-corrected chi connectivity index (χ2v) is 3.09. The first-order valence-corrected chi connectivity index (χ1v) is 4.35. The Balaban J connectivity index is 2.75. The van der Waals surface area contributed by atoms with Gasteiger partial charge < -0.3 is 9.84 Å². The normalized spacial score (nSPS) is 19.5. The molecule has 0 aromatic carbocycles. The van der Waals surface area contributed by atoms with Crippen molar-refractivity contribution in [3.05, 3.63) is 23.8 Å². The Morgan fingerprint density at radius 2 is 2.46 bits per heavy atom. The molecule has 3 heteroatoms. The van der Waals surface area contributed by atoms with Gasteiger partial charge in [-0.1, -0.05) is 18.2 Å². The molecule has 0 aromatic rings. The molecule has 1 unspecified atom stereocenters. The number of hydrogen-bond donors (Lipinski definition) is 1. The molecule has 72 valence electrons. The molecule has 3 nitrogen and oxygen atoms in total. The SMILES string of the molecule is CCOC(=O)C(C)(O)C1=CCC=C1. The summed E-state index contributed by atoms with van der Waals surface area (Å²) in [5.74, 6) is -0.590. The van der Waals surface area contributed by atoms with Crippen LogP contribution >= 0.6 is 0 Å². The molecule has 0 bridgehead atoms. The number of hydrogen-bond acceptors (Lipinski definition) is 3. The van der Waals surface area contributed by atoms with E-state index in [4.69, 9.17) is 4.74 Å². The summed E-state index contributed by atoms with van der Waals surface area (Å²) < 4.78 is 4.76. The van der Waals surface area contributed by atoms with E-state index in [0.717, 1.165) is 6.42 Å². The van der Waals surface area contributed by atoms with Gasteiger partial charge >= 0.3 is 5.97 Å². The van der Waals surface area contributed by atoms with Gasteiger partial charge in [0.2, 0.25) is 0 Å². The molecular formula is C10H14O3. The third-order valence-electron chi connectivity index (χ3n) is 2.01. The summed E-state index contributed by atoms with van der Waals surface area (Å²) in [6.07, 6.45) is 6.22. The molecule has 0 saturated heterocycles. The number of rotatable bonds is 3.